The Kier molecular flexibility index (Phi) is 8.41. The molecule has 2 aromatic rings. The van der Waals surface area contributed by atoms with E-state index in [1.54, 1.807) is 19.1 Å². The number of hydrogen-bond donors (Lipinski definition) is 4. The number of H-pyrrole nitrogens is 1. The number of aromatic nitrogens is 1. The fourth-order valence-corrected chi connectivity index (χ4v) is 4.31. The van der Waals surface area contributed by atoms with Crippen LogP contribution in [0, 0.1) is 17.7 Å². The van der Waals surface area contributed by atoms with E-state index in [9.17, 15) is 23.6 Å². The minimum Gasteiger partial charge on any atom is -0.356 e. The number of carbonyl (C=O) groups excluding carboxylic acids is 4. The molecule has 1 aromatic carbocycles. The number of piperidine rings is 1. The van der Waals surface area contributed by atoms with Crippen LogP contribution in [0.2, 0.25) is 0 Å². The first-order valence-corrected chi connectivity index (χ1v) is 11.9. The molecule has 9 heteroatoms. The zero-order chi connectivity index (χ0) is 24.8. The van der Waals surface area contributed by atoms with Gasteiger partial charge in [-0.1, -0.05) is 32.9 Å². The van der Waals surface area contributed by atoms with Crippen LogP contribution in [0.3, 0.4) is 0 Å². The van der Waals surface area contributed by atoms with Crippen molar-refractivity contribution in [3.05, 3.63) is 35.8 Å². The summed E-state index contributed by atoms with van der Waals surface area (Å²) in [5.41, 5.74) is 0.360. The van der Waals surface area contributed by atoms with Crippen LogP contribution in [0.15, 0.2) is 24.3 Å². The van der Waals surface area contributed by atoms with Crippen molar-refractivity contribution in [3.63, 3.8) is 0 Å². The number of fused-ring (bicyclic) bond motifs is 1. The Bertz CT molecular complexity index is 1060. The number of benzene rings is 1. The van der Waals surface area contributed by atoms with Gasteiger partial charge < -0.3 is 20.9 Å². The van der Waals surface area contributed by atoms with Crippen LogP contribution in [0.1, 0.15) is 63.4 Å². The first kappa shape index (κ1) is 25.4. The number of halogens is 1. The number of amides is 3. The van der Waals surface area contributed by atoms with Crippen molar-refractivity contribution in [2.24, 2.45) is 11.8 Å². The first-order chi connectivity index (χ1) is 16.2. The monoisotopic (exact) mass is 472 g/mol. The standard InChI is InChI=1S/C25H33FN4O4/c1-4-21(31)18(13-16-8-6-10-27-23(16)32)29-24(33)19(11-14(2)3)30-25(34)20-12-15-7-5-9-17(26)22(15)28-20/h5,7,9,12,14,16,18-19,28H,4,6,8,10-11,13H2,1-3H3,(H,27,32)(H,29,33)(H,30,34)/t16-,18-,19-/m0/s1. The van der Waals surface area contributed by atoms with Crippen molar-refractivity contribution in [2.45, 2.75) is 65.0 Å². The van der Waals surface area contributed by atoms with Crippen molar-refractivity contribution in [3.8, 4) is 0 Å². The number of hydrogen-bond acceptors (Lipinski definition) is 4. The Balaban J connectivity index is 1.74. The molecule has 3 rings (SSSR count). The van der Waals surface area contributed by atoms with Crippen LogP contribution in [0.25, 0.3) is 10.9 Å². The van der Waals surface area contributed by atoms with Crippen LogP contribution < -0.4 is 16.0 Å². The summed E-state index contributed by atoms with van der Waals surface area (Å²) in [5, 5.41) is 8.86. The number of nitrogens with one attached hydrogen (secondary N) is 4. The van der Waals surface area contributed by atoms with E-state index in [0.717, 1.165) is 6.42 Å². The highest BCUT2D eigenvalue weighted by Crippen LogP contribution is 2.20. The molecule has 3 amide bonds. The molecule has 0 aliphatic carbocycles. The number of rotatable bonds is 10. The average Bonchev–Trinajstić information content (AvgIpc) is 3.24. The first-order valence-electron chi connectivity index (χ1n) is 11.9. The maximum Gasteiger partial charge on any atom is 0.268 e. The van der Waals surface area contributed by atoms with Gasteiger partial charge in [0.15, 0.2) is 5.78 Å². The van der Waals surface area contributed by atoms with Crippen LogP contribution in [-0.2, 0) is 14.4 Å². The molecule has 2 heterocycles. The second kappa shape index (κ2) is 11.3. The minimum atomic E-state index is -0.893. The molecular weight excluding hydrogens is 439 g/mol. The molecule has 184 valence electrons. The summed E-state index contributed by atoms with van der Waals surface area (Å²) < 4.78 is 14.0. The molecule has 0 saturated carbocycles. The maximum absolute atomic E-state index is 14.0. The van der Waals surface area contributed by atoms with Gasteiger partial charge in [-0.15, -0.1) is 0 Å². The summed E-state index contributed by atoms with van der Waals surface area (Å²) >= 11 is 0. The summed E-state index contributed by atoms with van der Waals surface area (Å²) in [4.78, 5) is 53.6. The van der Waals surface area contributed by atoms with Gasteiger partial charge >= 0.3 is 0 Å². The van der Waals surface area contributed by atoms with Gasteiger partial charge in [0.2, 0.25) is 11.8 Å². The summed E-state index contributed by atoms with van der Waals surface area (Å²) in [6.45, 7) is 6.18. The van der Waals surface area contributed by atoms with E-state index in [-0.39, 0.29) is 47.6 Å². The predicted octanol–water partition coefficient (Wildman–Crippen LogP) is 2.83. The molecule has 4 N–H and O–H groups in total. The van der Waals surface area contributed by atoms with Gasteiger partial charge in [0.05, 0.1) is 11.6 Å². The van der Waals surface area contributed by atoms with Gasteiger partial charge in [0, 0.05) is 24.3 Å². The van der Waals surface area contributed by atoms with Gasteiger partial charge in [-0.05, 0) is 43.7 Å². The zero-order valence-electron chi connectivity index (χ0n) is 19.9. The van der Waals surface area contributed by atoms with E-state index in [4.69, 9.17) is 0 Å². The maximum atomic E-state index is 14.0. The van der Waals surface area contributed by atoms with Gasteiger partial charge in [0.1, 0.15) is 17.6 Å². The van der Waals surface area contributed by atoms with Gasteiger partial charge in [-0.2, -0.15) is 0 Å². The second-order valence-corrected chi connectivity index (χ2v) is 9.29. The summed E-state index contributed by atoms with van der Waals surface area (Å²) in [5.74, 6) is -2.01. The molecule has 1 saturated heterocycles. The third-order valence-corrected chi connectivity index (χ3v) is 6.15. The molecular formula is C25H33FN4O4. The summed E-state index contributed by atoms with van der Waals surface area (Å²) in [6.07, 6.45) is 2.30. The van der Waals surface area contributed by atoms with E-state index in [0.29, 0.717) is 24.8 Å². The van der Waals surface area contributed by atoms with Crippen molar-refractivity contribution in [1.82, 2.24) is 20.9 Å². The van der Waals surface area contributed by atoms with Crippen LogP contribution >= 0.6 is 0 Å². The number of ketones is 1. The SMILES string of the molecule is CCC(=O)[C@H](C[C@@H]1CCCNC1=O)NC(=O)[C@H](CC(C)C)NC(=O)c1cc2cccc(F)c2[nH]1. The molecule has 8 nitrogen and oxygen atoms in total. The Morgan fingerprint density at radius 2 is 1.94 bits per heavy atom. The molecule has 1 fully saturated rings. The molecule has 0 unspecified atom stereocenters. The lowest BCUT2D eigenvalue weighted by molar-refractivity contribution is -0.131. The molecule has 0 radical (unpaired) electrons. The third-order valence-electron chi connectivity index (χ3n) is 6.15. The lowest BCUT2D eigenvalue weighted by Gasteiger charge is -2.28. The van der Waals surface area contributed by atoms with Crippen LogP contribution in [0.5, 0.6) is 0 Å². The smallest absolute Gasteiger partial charge is 0.268 e. The van der Waals surface area contributed by atoms with Crippen molar-refractivity contribution in [1.29, 1.82) is 0 Å². The van der Waals surface area contributed by atoms with Crippen molar-refractivity contribution < 1.29 is 23.6 Å². The lowest BCUT2D eigenvalue weighted by Crippen LogP contribution is -2.53. The zero-order valence-corrected chi connectivity index (χ0v) is 19.9. The Hall–Kier alpha value is -3.23. The Morgan fingerprint density at radius 1 is 1.18 bits per heavy atom. The van der Waals surface area contributed by atoms with Crippen LogP contribution in [-0.4, -0.2) is 47.1 Å². The van der Waals surface area contributed by atoms with E-state index >= 15 is 0 Å². The van der Waals surface area contributed by atoms with Crippen molar-refractivity contribution in [2.75, 3.05) is 6.54 Å². The molecule has 1 aromatic heterocycles. The molecule has 3 atom stereocenters. The molecule has 1 aliphatic rings. The summed E-state index contributed by atoms with van der Waals surface area (Å²) in [7, 11) is 0. The van der Waals surface area contributed by atoms with E-state index in [1.165, 1.54) is 12.1 Å². The number of para-hydroxylation sites is 1. The number of Topliss-reactive ketones (excluding diaryl/α,β-unsaturated/α-hetero) is 1. The molecule has 1 aliphatic heterocycles. The third kappa shape index (κ3) is 6.21. The molecule has 0 bridgehead atoms. The quantitative estimate of drug-likeness (QED) is 0.425. The normalized spacial score (nSPS) is 17.8. The van der Waals surface area contributed by atoms with Crippen LogP contribution in [0.4, 0.5) is 4.39 Å². The predicted molar refractivity (Wildman–Crippen MR) is 127 cm³/mol. The highest BCUT2D eigenvalue weighted by molar-refractivity contribution is 6.01. The van der Waals surface area contributed by atoms with Gasteiger partial charge in [-0.3, -0.25) is 19.2 Å². The fourth-order valence-electron chi connectivity index (χ4n) is 4.31. The second-order valence-electron chi connectivity index (χ2n) is 9.29. The van der Waals surface area contributed by atoms with E-state index in [1.807, 2.05) is 13.8 Å². The average molecular weight is 473 g/mol. The number of aromatic amines is 1. The van der Waals surface area contributed by atoms with Gasteiger partial charge in [-0.25, -0.2) is 4.39 Å². The minimum absolute atomic E-state index is 0.0839. The highest BCUT2D eigenvalue weighted by Gasteiger charge is 2.32. The number of carbonyl (C=O) groups is 4. The van der Waals surface area contributed by atoms with Gasteiger partial charge in [0.25, 0.3) is 5.91 Å². The summed E-state index contributed by atoms with van der Waals surface area (Å²) in [6, 6.07) is 4.37. The largest absolute Gasteiger partial charge is 0.356 e. The molecule has 34 heavy (non-hydrogen) atoms. The Labute approximate surface area is 198 Å². The van der Waals surface area contributed by atoms with E-state index < -0.39 is 29.7 Å². The lowest BCUT2D eigenvalue weighted by atomic mass is 9.89. The van der Waals surface area contributed by atoms with E-state index in [2.05, 4.69) is 20.9 Å². The fraction of sp³-hybridized carbons (Fsp3) is 0.520. The highest BCUT2D eigenvalue weighted by atomic mass is 19.1. The Morgan fingerprint density at radius 3 is 2.59 bits per heavy atom. The topological polar surface area (TPSA) is 120 Å². The van der Waals surface area contributed by atoms with Crippen molar-refractivity contribution >= 4 is 34.4 Å². The molecule has 0 spiro atoms.